The number of rotatable bonds is 8. The average molecular weight is 551 g/mol. The molecule has 0 saturated carbocycles. The van der Waals surface area contributed by atoms with E-state index in [-0.39, 0.29) is 17.9 Å². The van der Waals surface area contributed by atoms with Gasteiger partial charge in [-0.25, -0.2) is 4.39 Å². The summed E-state index contributed by atoms with van der Waals surface area (Å²) in [5.41, 5.74) is 2.78. The Morgan fingerprint density at radius 3 is 2.66 bits per heavy atom. The third-order valence-electron chi connectivity index (χ3n) is 5.99. The molecule has 2 aromatic heterocycles. The number of hydrogen-bond donors (Lipinski definition) is 2. The molecule has 178 valence electrons. The lowest BCUT2D eigenvalue weighted by molar-refractivity contribution is 0.274. The zero-order valence-electron chi connectivity index (χ0n) is 18.8. The molecule has 1 saturated heterocycles. The van der Waals surface area contributed by atoms with Gasteiger partial charge in [0, 0.05) is 35.0 Å². The minimum absolute atomic E-state index is 0.151. The molecule has 5 rings (SSSR count). The summed E-state index contributed by atoms with van der Waals surface area (Å²) < 4.78 is 20.6. The Bertz CT molecular complexity index is 1300. The monoisotopic (exact) mass is 550 g/mol. The lowest BCUT2D eigenvalue weighted by Crippen LogP contribution is -2.31. The molecule has 0 bridgehead atoms. The number of nitrogens with one attached hydrogen (secondary N) is 2. The number of aromatic nitrogens is 1. The molecule has 0 radical (unpaired) electrons. The molecule has 0 aliphatic carbocycles. The van der Waals surface area contributed by atoms with Gasteiger partial charge in [0.15, 0.2) is 5.11 Å². The lowest BCUT2D eigenvalue weighted by atomic mass is 10.0. The molecule has 8 heteroatoms. The molecule has 3 heterocycles. The van der Waals surface area contributed by atoms with Crippen LogP contribution >= 0.6 is 28.1 Å². The fourth-order valence-corrected chi connectivity index (χ4v) is 5.22. The Morgan fingerprint density at radius 2 is 1.89 bits per heavy atom. The van der Waals surface area contributed by atoms with Crippen molar-refractivity contribution in [2.75, 3.05) is 18.4 Å². The molecular weight excluding hydrogens is 527 g/mol. The first-order valence-corrected chi connectivity index (χ1v) is 12.6. The fraction of sp³-hybridized carbons (Fsp3) is 0.185. The van der Waals surface area contributed by atoms with E-state index in [1.54, 1.807) is 12.3 Å². The van der Waals surface area contributed by atoms with Crippen LogP contribution in [-0.4, -0.2) is 28.1 Å². The van der Waals surface area contributed by atoms with Gasteiger partial charge in [0.2, 0.25) is 0 Å². The van der Waals surface area contributed by atoms with Gasteiger partial charge in [-0.1, -0.05) is 24.3 Å². The predicted molar refractivity (Wildman–Crippen MR) is 144 cm³/mol. The Labute approximate surface area is 217 Å². The van der Waals surface area contributed by atoms with Crippen LogP contribution in [-0.2, 0) is 0 Å². The highest BCUT2D eigenvalue weighted by molar-refractivity contribution is 9.10. The van der Waals surface area contributed by atoms with E-state index in [2.05, 4.69) is 48.6 Å². The highest BCUT2D eigenvalue weighted by atomic mass is 79.9. The number of pyridine rings is 1. The van der Waals surface area contributed by atoms with Gasteiger partial charge >= 0.3 is 0 Å². The van der Waals surface area contributed by atoms with E-state index in [9.17, 15) is 4.39 Å². The summed E-state index contributed by atoms with van der Waals surface area (Å²) in [7, 11) is 0. The van der Waals surface area contributed by atoms with Gasteiger partial charge in [0.05, 0.1) is 11.7 Å². The molecule has 2 N–H and O–H groups in total. The summed E-state index contributed by atoms with van der Waals surface area (Å²) in [6.07, 6.45) is 2.67. The second-order valence-corrected chi connectivity index (χ2v) is 9.53. The number of hydrogen-bond acceptors (Lipinski definition) is 4. The Balaban J connectivity index is 1.39. The van der Waals surface area contributed by atoms with Crippen LogP contribution in [0.25, 0.3) is 11.3 Å². The summed E-state index contributed by atoms with van der Waals surface area (Å²) >= 11 is 9.20. The normalized spacial score (nSPS) is 17.4. The third kappa shape index (κ3) is 5.23. The molecular formula is C27H24BrFN4OS. The van der Waals surface area contributed by atoms with Gasteiger partial charge in [-0.2, -0.15) is 0 Å². The van der Waals surface area contributed by atoms with Crippen molar-refractivity contribution in [3.63, 3.8) is 0 Å². The van der Waals surface area contributed by atoms with Gasteiger partial charge in [-0.3, -0.25) is 4.98 Å². The van der Waals surface area contributed by atoms with E-state index >= 15 is 0 Å². The average Bonchev–Trinajstić information content (AvgIpc) is 3.47. The van der Waals surface area contributed by atoms with Crippen molar-refractivity contribution in [1.29, 1.82) is 0 Å². The van der Waals surface area contributed by atoms with Gasteiger partial charge in [0.1, 0.15) is 23.4 Å². The van der Waals surface area contributed by atoms with Crippen LogP contribution in [0.4, 0.5) is 10.1 Å². The van der Waals surface area contributed by atoms with Gasteiger partial charge in [0.25, 0.3) is 0 Å². The number of thiocarbonyl (C=S) groups is 1. The van der Waals surface area contributed by atoms with E-state index < -0.39 is 0 Å². The van der Waals surface area contributed by atoms with Gasteiger partial charge in [-0.15, -0.1) is 0 Å². The van der Waals surface area contributed by atoms with Crippen LogP contribution in [0.5, 0.6) is 0 Å². The SMILES string of the molecule is Fc1ccc(-c2ccc([C@@H]3[C@@H](c4ccccn4)NC(=S)N3CCCNc3ccccc3)o2)c(Br)c1. The second kappa shape index (κ2) is 10.6. The molecule has 4 aromatic rings. The van der Waals surface area contributed by atoms with Crippen molar-refractivity contribution < 1.29 is 8.81 Å². The third-order valence-corrected chi connectivity index (χ3v) is 7.00. The topological polar surface area (TPSA) is 53.3 Å². The van der Waals surface area contributed by atoms with Crippen LogP contribution in [0.1, 0.15) is 30.0 Å². The van der Waals surface area contributed by atoms with Crippen molar-refractivity contribution in [1.82, 2.24) is 15.2 Å². The van der Waals surface area contributed by atoms with Crippen molar-refractivity contribution in [2.45, 2.75) is 18.5 Å². The summed E-state index contributed by atoms with van der Waals surface area (Å²) in [5.74, 6) is 1.13. The maximum absolute atomic E-state index is 13.6. The summed E-state index contributed by atoms with van der Waals surface area (Å²) in [5, 5.41) is 7.58. The molecule has 35 heavy (non-hydrogen) atoms. The van der Waals surface area contributed by atoms with Gasteiger partial charge in [-0.05, 0) is 89.2 Å². The molecule has 1 aliphatic heterocycles. The number of anilines is 1. The van der Waals surface area contributed by atoms with Crippen LogP contribution in [0.2, 0.25) is 0 Å². The molecule has 1 fully saturated rings. The highest BCUT2D eigenvalue weighted by Crippen LogP contribution is 2.41. The van der Waals surface area contributed by atoms with E-state index in [0.717, 1.165) is 42.2 Å². The molecule has 0 spiro atoms. The number of para-hydroxylation sites is 1. The second-order valence-electron chi connectivity index (χ2n) is 8.29. The molecule has 0 amide bonds. The van der Waals surface area contributed by atoms with Gasteiger partial charge < -0.3 is 20.0 Å². The van der Waals surface area contributed by atoms with Crippen LogP contribution in [0, 0.1) is 5.82 Å². The molecule has 0 unspecified atom stereocenters. The Hall–Kier alpha value is -3.23. The highest BCUT2D eigenvalue weighted by Gasteiger charge is 2.41. The fourth-order valence-electron chi connectivity index (χ4n) is 4.34. The summed E-state index contributed by atoms with van der Waals surface area (Å²) in [6.45, 7) is 1.56. The first-order valence-electron chi connectivity index (χ1n) is 11.4. The molecule has 2 atom stereocenters. The van der Waals surface area contributed by atoms with Crippen LogP contribution in [0.15, 0.2) is 93.9 Å². The minimum atomic E-state index is -0.303. The molecule has 5 nitrogen and oxygen atoms in total. The van der Waals surface area contributed by atoms with Crippen LogP contribution < -0.4 is 10.6 Å². The van der Waals surface area contributed by atoms with Crippen molar-refractivity contribution in [2.24, 2.45) is 0 Å². The Morgan fingerprint density at radius 1 is 1.06 bits per heavy atom. The van der Waals surface area contributed by atoms with Crippen LogP contribution in [0.3, 0.4) is 0 Å². The van der Waals surface area contributed by atoms with Crippen molar-refractivity contribution in [3.05, 3.63) is 107 Å². The van der Waals surface area contributed by atoms with E-state index in [4.69, 9.17) is 16.6 Å². The van der Waals surface area contributed by atoms with E-state index in [1.807, 2.05) is 48.5 Å². The molecule has 2 aromatic carbocycles. The number of benzene rings is 2. The lowest BCUT2D eigenvalue weighted by Gasteiger charge is -2.26. The summed E-state index contributed by atoms with van der Waals surface area (Å²) in [6, 6.07) is 24.2. The quantitative estimate of drug-likeness (QED) is 0.187. The first kappa shape index (κ1) is 23.5. The maximum Gasteiger partial charge on any atom is 0.170 e. The smallest absolute Gasteiger partial charge is 0.170 e. The zero-order chi connectivity index (χ0) is 24.2. The standard InChI is InChI=1S/C27H24BrFN4OS/c28-21-17-18(29)10-11-20(21)23-12-13-24(34-23)26-25(22-9-4-5-14-31-22)32-27(35)33(26)16-6-15-30-19-7-2-1-3-8-19/h1-5,7-14,17,25-26,30H,6,15-16H2,(H,32,35)/t25-,26-/m1/s1. The zero-order valence-corrected chi connectivity index (χ0v) is 21.2. The number of nitrogens with zero attached hydrogens (tertiary/aromatic N) is 2. The number of halogens is 2. The first-order chi connectivity index (χ1) is 17.1. The van der Waals surface area contributed by atoms with E-state index in [0.29, 0.717) is 15.3 Å². The maximum atomic E-state index is 13.6. The Kier molecular flexibility index (Phi) is 7.11. The summed E-state index contributed by atoms with van der Waals surface area (Å²) in [4.78, 5) is 6.75. The van der Waals surface area contributed by atoms with Crippen molar-refractivity contribution >= 4 is 38.9 Å². The minimum Gasteiger partial charge on any atom is -0.459 e. The van der Waals surface area contributed by atoms with Crippen molar-refractivity contribution in [3.8, 4) is 11.3 Å². The largest absolute Gasteiger partial charge is 0.459 e. The molecule has 1 aliphatic rings. The predicted octanol–water partition coefficient (Wildman–Crippen LogP) is 6.72. The van der Waals surface area contributed by atoms with E-state index in [1.165, 1.54) is 12.1 Å². The number of furan rings is 1.